The van der Waals surface area contributed by atoms with E-state index >= 15 is 0 Å². The first kappa shape index (κ1) is 11.7. The molecular formula is C15H23N. The Labute approximate surface area is 99.0 Å². The molecule has 2 N–H and O–H groups in total. The van der Waals surface area contributed by atoms with Gasteiger partial charge in [-0.15, -0.1) is 0 Å². The molecule has 0 saturated heterocycles. The van der Waals surface area contributed by atoms with Gasteiger partial charge in [-0.3, -0.25) is 0 Å². The van der Waals surface area contributed by atoms with Gasteiger partial charge in [-0.25, -0.2) is 0 Å². The summed E-state index contributed by atoms with van der Waals surface area (Å²) in [5.74, 6) is 0.702. The maximum absolute atomic E-state index is 6.23. The summed E-state index contributed by atoms with van der Waals surface area (Å²) < 4.78 is 0. The number of nitrogens with two attached hydrogens (primary N) is 1. The molecule has 1 heteroatoms. The van der Waals surface area contributed by atoms with Gasteiger partial charge in [0.25, 0.3) is 0 Å². The molecule has 0 amide bonds. The van der Waals surface area contributed by atoms with Crippen molar-refractivity contribution in [3.63, 3.8) is 0 Å². The van der Waals surface area contributed by atoms with E-state index in [1.165, 1.54) is 48.8 Å². The lowest BCUT2D eigenvalue weighted by molar-refractivity contribution is 0.306. The number of benzene rings is 1. The maximum Gasteiger partial charge on any atom is 0.00703 e. The Bertz CT molecular complexity index is 336. The van der Waals surface area contributed by atoms with Crippen LogP contribution in [0.2, 0.25) is 0 Å². The van der Waals surface area contributed by atoms with Crippen molar-refractivity contribution in [3.8, 4) is 0 Å². The second-order valence-corrected chi connectivity index (χ2v) is 5.28. The zero-order valence-electron chi connectivity index (χ0n) is 10.5. The minimum absolute atomic E-state index is 0.424. The summed E-state index contributed by atoms with van der Waals surface area (Å²) in [6.45, 7) is 4.44. The Morgan fingerprint density at radius 2 is 1.75 bits per heavy atom. The van der Waals surface area contributed by atoms with Crippen molar-refractivity contribution in [3.05, 3.63) is 34.9 Å². The zero-order valence-corrected chi connectivity index (χ0v) is 10.5. The van der Waals surface area contributed by atoms with Crippen LogP contribution < -0.4 is 5.73 Å². The normalized spacial score (nSPS) is 25.7. The monoisotopic (exact) mass is 217 g/mol. The van der Waals surface area contributed by atoms with Crippen LogP contribution in [0.4, 0.5) is 0 Å². The Kier molecular flexibility index (Phi) is 3.65. The smallest absolute Gasteiger partial charge is 0.00703 e. The molecule has 1 fully saturated rings. The molecule has 1 nitrogen and oxygen atoms in total. The number of aryl methyl sites for hydroxylation is 2. The molecule has 1 aliphatic rings. The van der Waals surface area contributed by atoms with Crippen molar-refractivity contribution >= 4 is 0 Å². The average molecular weight is 217 g/mol. The number of hydrogen-bond donors (Lipinski definition) is 1. The topological polar surface area (TPSA) is 26.0 Å². The SMILES string of the molecule is Cc1cccc(C)c1CC1CCCCC1N. The first-order valence-corrected chi connectivity index (χ1v) is 6.49. The molecule has 1 saturated carbocycles. The van der Waals surface area contributed by atoms with Crippen LogP contribution in [0.25, 0.3) is 0 Å². The largest absolute Gasteiger partial charge is 0.327 e. The molecule has 0 aliphatic heterocycles. The third-order valence-corrected chi connectivity index (χ3v) is 4.08. The molecule has 1 aromatic rings. The van der Waals surface area contributed by atoms with Crippen LogP contribution in [0.15, 0.2) is 18.2 Å². The highest BCUT2D eigenvalue weighted by atomic mass is 14.7. The first-order chi connectivity index (χ1) is 7.68. The van der Waals surface area contributed by atoms with Crippen molar-refractivity contribution < 1.29 is 0 Å². The second kappa shape index (κ2) is 5.01. The van der Waals surface area contributed by atoms with Crippen molar-refractivity contribution in [2.24, 2.45) is 11.7 Å². The Morgan fingerprint density at radius 3 is 2.38 bits per heavy atom. The molecule has 0 bridgehead atoms. The molecule has 88 valence electrons. The van der Waals surface area contributed by atoms with Crippen LogP contribution in [0.5, 0.6) is 0 Å². The summed E-state index contributed by atoms with van der Waals surface area (Å²) in [4.78, 5) is 0. The van der Waals surface area contributed by atoms with Gasteiger partial charge in [0.15, 0.2) is 0 Å². The van der Waals surface area contributed by atoms with Crippen LogP contribution in [0, 0.1) is 19.8 Å². The van der Waals surface area contributed by atoms with E-state index in [0.717, 1.165) is 0 Å². The van der Waals surface area contributed by atoms with Gasteiger partial charge in [0.1, 0.15) is 0 Å². The van der Waals surface area contributed by atoms with Gasteiger partial charge in [0.2, 0.25) is 0 Å². The van der Waals surface area contributed by atoms with E-state index in [0.29, 0.717) is 12.0 Å². The molecule has 2 atom stereocenters. The van der Waals surface area contributed by atoms with Gasteiger partial charge < -0.3 is 5.73 Å². The summed E-state index contributed by atoms with van der Waals surface area (Å²) in [7, 11) is 0. The minimum Gasteiger partial charge on any atom is -0.327 e. The van der Waals surface area contributed by atoms with Crippen molar-refractivity contribution in [1.82, 2.24) is 0 Å². The van der Waals surface area contributed by atoms with Gasteiger partial charge in [-0.1, -0.05) is 31.0 Å². The van der Waals surface area contributed by atoms with E-state index in [-0.39, 0.29) is 0 Å². The summed E-state index contributed by atoms with van der Waals surface area (Å²) in [6, 6.07) is 7.01. The molecule has 1 aromatic carbocycles. The predicted octanol–water partition coefficient (Wildman–Crippen LogP) is 3.36. The molecule has 0 heterocycles. The standard InChI is InChI=1S/C15H23N/c1-11-6-5-7-12(2)14(11)10-13-8-3-4-9-15(13)16/h5-7,13,15H,3-4,8-10,16H2,1-2H3. The molecular weight excluding hydrogens is 194 g/mol. The number of hydrogen-bond acceptors (Lipinski definition) is 1. The second-order valence-electron chi connectivity index (χ2n) is 5.28. The van der Waals surface area contributed by atoms with Crippen LogP contribution >= 0.6 is 0 Å². The highest BCUT2D eigenvalue weighted by Crippen LogP contribution is 2.28. The Morgan fingerprint density at radius 1 is 1.12 bits per heavy atom. The third kappa shape index (κ3) is 2.46. The molecule has 2 unspecified atom stereocenters. The van der Waals surface area contributed by atoms with E-state index < -0.39 is 0 Å². The minimum atomic E-state index is 0.424. The van der Waals surface area contributed by atoms with Gasteiger partial charge in [0, 0.05) is 6.04 Å². The zero-order chi connectivity index (χ0) is 11.5. The fourth-order valence-electron chi connectivity index (χ4n) is 2.92. The molecule has 0 spiro atoms. The summed E-state index contributed by atoms with van der Waals surface area (Å²) in [5, 5.41) is 0. The predicted molar refractivity (Wildman–Crippen MR) is 69.6 cm³/mol. The molecule has 1 aliphatic carbocycles. The van der Waals surface area contributed by atoms with E-state index in [1.807, 2.05) is 0 Å². The summed E-state index contributed by atoms with van der Waals surface area (Å²) in [6.07, 6.45) is 6.40. The van der Waals surface area contributed by atoms with Gasteiger partial charge in [-0.05, 0) is 55.7 Å². The van der Waals surface area contributed by atoms with E-state index in [4.69, 9.17) is 5.73 Å². The summed E-state index contributed by atoms with van der Waals surface area (Å²) in [5.41, 5.74) is 10.6. The molecule has 0 aromatic heterocycles. The molecule has 16 heavy (non-hydrogen) atoms. The highest BCUT2D eigenvalue weighted by molar-refractivity contribution is 5.34. The van der Waals surface area contributed by atoms with Gasteiger partial charge in [-0.2, -0.15) is 0 Å². The van der Waals surface area contributed by atoms with Gasteiger partial charge >= 0.3 is 0 Å². The quantitative estimate of drug-likeness (QED) is 0.807. The first-order valence-electron chi connectivity index (χ1n) is 6.49. The summed E-state index contributed by atoms with van der Waals surface area (Å²) >= 11 is 0. The van der Waals surface area contributed by atoms with Gasteiger partial charge in [0.05, 0.1) is 0 Å². The average Bonchev–Trinajstić information content (AvgIpc) is 2.26. The Hall–Kier alpha value is -0.820. The van der Waals surface area contributed by atoms with Crippen LogP contribution in [0.3, 0.4) is 0 Å². The highest BCUT2D eigenvalue weighted by Gasteiger charge is 2.22. The Balaban J connectivity index is 2.13. The van der Waals surface area contributed by atoms with Crippen molar-refractivity contribution in [2.45, 2.75) is 52.0 Å². The molecule has 0 radical (unpaired) electrons. The van der Waals surface area contributed by atoms with Crippen molar-refractivity contribution in [1.29, 1.82) is 0 Å². The lowest BCUT2D eigenvalue weighted by Gasteiger charge is -2.29. The maximum atomic E-state index is 6.23. The van der Waals surface area contributed by atoms with Crippen LogP contribution in [-0.2, 0) is 6.42 Å². The van der Waals surface area contributed by atoms with Crippen molar-refractivity contribution in [2.75, 3.05) is 0 Å². The van der Waals surface area contributed by atoms with E-state index in [1.54, 1.807) is 0 Å². The fraction of sp³-hybridized carbons (Fsp3) is 0.600. The number of rotatable bonds is 2. The lowest BCUT2D eigenvalue weighted by atomic mass is 9.80. The van der Waals surface area contributed by atoms with E-state index in [2.05, 4.69) is 32.0 Å². The fourth-order valence-corrected chi connectivity index (χ4v) is 2.92. The third-order valence-electron chi connectivity index (χ3n) is 4.08. The van der Waals surface area contributed by atoms with Crippen LogP contribution in [0.1, 0.15) is 42.4 Å². The lowest BCUT2D eigenvalue weighted by Crippen LogP contribution is -2.34. The van der Waals surface area contributed by atoms with Crippen LogP contribution in [-0.4, -0.2) is 6.04 Å². The van der Waals surface area contributed by atoms with E-state index in [9.17, 15) is 0 Å². The molecule has 2 rings (SSSR count).